The number of amidine groups is 1. The molecule has 2 amide bonds. The average Bonchev–Trinajstić information content (AvgIpc) is 2.95. The van der Waals surface area contributed by atoms with Crippen LogP contribution >= 0.6 is 0 Å². The van der Waals surface area contributed by atoms with E-state index in [0.717, 1.165) is 43.2 Å². The summed E-state index contributed by atoms with van der Waals surface area (Å²) in [5.74, 6) is -6.08. The van der Waals surface area contributed by atoms with Crippen LogP contribution in [0.3, 0.4) is 0 Å². The van der Waals surface area contributed by atoms with Crippen LogP contribution in [0.25, 0.3) is 0 Å². The van der Waals surface area contributed by atoms with Gasteiger partial charge in [-0.05, 0) is 36.3 Å². The van der Waals surface area contributed by atoms with E-state index in [0.29, 0.717) is 12.1 Å². The van der Waals surface area contributed by atoms with E-state index < -0.39 is 36.0 Å². The van der Waals surface area contributed by atoms with Crippen LogP contribution in [-0.4, -0.2) is 64.0 Å². The van der Waals surface area contributed by atoms with Crippen LogP contribution < -0.4 is 11.1 Å². The third-order valence-electron chi connectivity index (χ3n) is 6.89. The maximum Gasteiger partial charge on any atom is 0.490 e. The van der Waals surface area contributed by atoms with Gasteiger partial charge in [0.1, 0.15) is 17.8 Å². The first-order valence-corrected chi connectivity index (χ1v) is 13.3. The van der Waals surface area contributed by atoms with Crippen molar-refractivity contribution in [2.75, 3.05) is 7.05 Å². The summed E-state index contributed by atoms with van der Waals surface area (Å²) < 4.78 is 31.7. The molecule has 42 heavy (non-hydrogen) atoms. The number of hydrogen-bond donors (Lipinski definition) is 5. The Balaban J connectivity index is 0.000000782. The van der Waals surface area contributed by atoms with Gasteiger partial charge in [0.25, 0.3) is 0 Å². The molecule has 13 heteroatoms. The van der Waals surface area contributed by atoms with E-state index in [1.165, 1.54) is 4.90 Å². The maximum absolute atomic E-state index is 13.5. The summed E-state index contributed by atoms with van der Waals surface area (Å²) in [6.07, 6.45) is -0.534. The van der Waals surface area contributed by atoms with Crippen LogP contribution in [0, 0.1) is 17.2 Å². The second kappa shape index (κ2) is 15.5. The number of nitrogens with zero attached hydrogens (tertiary/aromatic N) is 1. The smallest absolute Gasteiger partial charge is 0.480 e. The zero-order valence-electron chi connectivity index (χ0n) is 23.1. The lowest BCUT2D eigenvalue weighted by Gasteiger charge is -2.30. The van der Waals surface area contributed by atoms with Crippen molar-refractivity contribution in [1.82, 2.24) is 10.2 Å². The molecule has 1 fully saturated rings. The summed E-state index contributed by atoms with van der Waals surface area (Å²) in [5.41, 5.74) is 7.73. The molecule has 0 heterocycles. The van der Waals surface area contributed by atoms with E-state index in [1.807, 2.05) is 30.3 Å². The summed E-state index contributed by atoms with van der Waals surface area (Å²) in [4.78, 5) is 49.3. The third kappa shape index (κ3) is 10.5. The standard InChI is InChI=1S/C27H34N4O4.C2HF3O2/c1-31(17-19-8-4-2-5-9-19)26(33)22(16-18-12-14-21(15-13-18)24(28)29)25(32)30-23(27(34)35)20-10-6-3-7-11-20;3-2(4,5)1(6)7/h2,4-5,8-9,12-15,20,22-23H,3,6-7,10-11,16-17H2,1H3,(H3,28,29)(H,30,32)(H,34,35);(H,6,7)/t22?,23-;/m0./s1. The van der Waals surface area contributed by atoms with E-state index in [4.69, 9.17) is 21.0 Å². The molecule has 228 valence electrons. The highest BCUT2D eigenvalue weighted by molar-refractivity contribution is 6.01. The number of nitrogens with one attached hydrogen (secondary N) is 2. The molecule has 0 spiro atoms. The number of amides is 2. The average molecular weight is 593 g/mol. The number of carboxylic acids is 2. The Bertz CT molecular complexity index is 1230. The highest BCUT2D eigenvalue weighted by Gasteiger charge is 2.38. The molecule has 1 aliphatic rings. The fraction of sp³-hybridized carbons (Fsp3) is 0.414. The number of benzene rings is 2. The molecule has 0 bridgehead atoms. The summed E-state index contributed by atoms with van der Waals surface area (Å²) in [6, 6.07) is 15.3. The van der Waals surface area contributed by atoms with E-state index in [1.54, 1.807) is 31.3 Å². The summed E-state index contributed by atoms with van der Waals surface area (Å²) >= 11 is 0. The molecular weight excluding hydrogens is 557 g/mol. The third-order valence-corrected chi connectivity index (χ3v) is 6.89. The molecule has 1 unspecified atom stereocenters. The molecule has 0 aliphatic heterocycles. The second-order valence-electron chi connectivity index (χ2n) is 10.1. The minimum atomic E-state index is -5.08. The molecule has 6 N–H and O–H groups in total. The molecule has 1 aliphatic carbocycles. The fourth-order valence-corrected chi connectivity index (χ4v) is 4.65. The van der Waals surface area contributed by atoms with E-state index >= 15 is 0 Å². The van der Waals surface area contributed by atoms with Gasteiger partial charge < -0.3 is 26.2 Å². The summed E-state index contributed by atoms with van der Waals surface area (Å²) in [6.45, 7) is 0.331. The number of hydrogen-bond acceptors (Lipinski definition) is 5. The molecule has 10 nitrogen and oxygen atoms in total. The van der Waals surface area contributed by atoms with Gasteiger partial charge in [0, 0.05) is 19.2 Å². The number of carboxylic acid groups (broad SMARTS) is 2. The van der Waals surface area contributed by atoms with Gasteiger partial charge in [-0.15, -0.1) is 0 Å². The normalized spacial score (nSPS) is 14.9. The molecule has 2 aromatic rings. The van der Waals surface area contributed by atoms with Crippen molar-refractivity contribution < 1.29 is 42.6 Å². The van der Waals surface area contributed by atoms with Crippen LogP contribution in [0.15, 0.2) is 54.6 Å². The number of halogens is 3. The number of nitrogen functional groups attached to an aromatic ring is 1. The molecule has 0 radical (unpaired) electrons. The van der Waals surface area contributed by atoms with Gasteiger partial charge in [-0.2, -0.15) is 13.2 Å². The largest absolute Gasteiger partial charge is 0.490 e. The van der Waals surface area contributed by atoms with Crippen LogP contribution in [0.2, 0.25) is 0 Å². The monoisotopic (exact) mass is 592 g/mol. The molecule has 0 saturated heterocycles. The second-order valence-corrected chi connectivity index (χ2v) is 10.1. The Labute approximate surface area is 241 Å². The Kier molecular flexibility index (Phi) is 12.5. The van der Waals surface area contributed by atoms with Crippen molar-refractivity contribution >= 4 is 29.6 Å². The SMILES string of the molecule is CN(Cc1ccccc1)C(=O)C(Cc1ccc(C(=N)N)cc1)C(=O)N[C@H](C(=O)O)C1CCCCC1.O=C(O)C(F)(F)F. The van der Waals surface area contributed by atoms with Gasteiger partial charge in [-0.3, -0.25) is 15.0 Å². The molecule has 2 atom stereocenters. The van der Waals surface area contributed by atoms with Crippen molar-refractivity contribution in [1.29, 1.82) is 5.41 Å². The minimum Gasteiger partial charge on any atom is -0.480 e. The van der Waals surface area contributed by atoms with Crippen molar-refractivity contribution in [2.45, 2.75) is 57.3 Å². The van der Waals surface area contributed by atoms with Gasteiger partial charge in [-0.25, -0.2) is 9.59 Å². The number of carbonyl (C=O) groups is 4. The van der Waals surface area contributed by atoms with Gasteiger partial charge in [-0.1, -0.05) is 73.9 Å². The zero-order chi connectivity index (χ0) is 31.4. The Morgan fingerprint density at radius 1 is 0.976 bits per heavy atom. The van der Waals surface area contributed by atoms with Gasteiger partial charge >= 0.3 is 18.1 Å². The first-order chi connectivity index (χ1) is 19.7. The first kappa shape index (κ1) is 33.8. The minimum absolute atomic E-state index is 0.0682. The van der Waals surface area contributed by atoms with Crippen molar-refractivity contribution in [3.05, 3.63) is 71.3 Å². The lowest BCUT2D eigenvalue weighted by Crippen LogP contribution is -2.51. The van der Waals surface area contributed by atoms with Crippen molar-refractivity contribution in [2.24, 2.45) is 17.6 Å². The Morgan fingerprint density at radius 2 is 1.52 bits per heavy atom. The molecule has 1 saturated carbocycles. The van der Waals surface area contributed by atoms with Crippen LogP contribution in [0.5, 0.6) is 0 Å². The maximum atomic E-state index is 13.5. The molecule has 3 rings (SSSR count). The zero-order valence-corrected chi connectivity index (χ0v) is 23.1. The first-order valence-electron chi connectivity index (χ1n) is 13.3. The lowest BCUT2D eigenvalue weighted by atomic mass is 9.83. The highest BCUT2D eigenvalue weighted by Crippen LogP contribution is 2.27. The summed E-state index contributed by atoms with van der Waals surface area (Å²) in [7, 11) is 1.64. The number of aliphatic carboxylic acids is 2. The van der Waals surface area contributed by atoms with Crippen LogP contribution in [-0.2, 0) is 32.1 Å². The number of carbonyl (C=O) groups excluding carboxylic acids is 2. The van der Waals surface area contributed by atoms with E-state index in [2.05, 4.69) is 5.32 Å². The Morgan fingerprint density at radius 3 is 2.00 bits per heavy atom. The van der Waals surface area contributed by atoms with Crippen molar-refractivity contribution in [3.63, 3.8) is 0 Å². The summed E-state index contributed by atoms with van der Waals surface area (Å²) in [5, 5.41) is 27.2. The van der Waals surface area contributed by atoms with Gasteiger partial charge in [0.2, 0.25) is 11.8 Å². The van der Waals surface area contributed by atoms with E-state index in [9.17, 15) is 32.7 Å². The topological polar surface area (TPSA) is 174 Å². The molecule has 0 aromatic heterocycles. The quantitative estimate of drug-likeness (QED) is 0.159. The predicted octanol–water partition coefficient (Wildman–Crippen LogP) is 3.57. The lowest BCUT2D eigenvalue weighted by molar-refractivity contribution is -0.192. The highest BCUT2D eigenvalue weighted by atomic mass is 19.4. The van der Waals surface area contributed by atoms with Gasteiger partial charge in [0.05, 0.1) is 0 Å². The van der Waals surface area contributed by atoms with Gasteiger partial charge in [0.15, 0.2) is 0 Å². The van der Waals surface area contributed by atoms with Crippen LogP contribution in [0.4, 0.5) is 13.2 Å². The number of rotatable bonds is 10. The molecule has 2 aromatic carbocycles. The number of alkyl halides is 3. The fourth-order valence-electron chi connectivity index (χ4n) is 4.65. The number of nitrogens with two attached hydrogens (primary N) is 1. The predicted molar refractivity (Wildman–Crippen MR) is 147 cm³/mol. The van der Waals surface area contributed by atoms with Crippen molar-refractivity contribution in [3.8, 4) is 0 Å². The van der Waals surface area contributed by atoms with Crippen LogP contribution in [0.1, 0.15) is 48.8 Å². The van der Waals surface area contributed by atoms with E-state index in [-0.39, 0.29) is 24.1 Å². The Hall–Kier alpha value is -4.42. The molecular formula is C29H35F3N4O6.